The number of carboxylic acid groups (broad SMARTS) is 3. The smallest absolute Gasteiger partial charge is 0.303 e. The SMILES string of the molecule is CC(C)CCCCCCCCCCCCCCC(=O)O.CC(C)CCCCCCCCCCCCCCC(=O)O.CC(C)CCCCCCCCCCCCCCC(=O)O.OCC(O)CO.OCC(O)CO.OCC(O)CO. The lowest BCUT2D eigenvalue weighted by Crippen LogP contribution is -2.15. The van der Waals surface area contributed by atoms with E-state index in [1.807, 2.05) is 0 Å². The molecule has 0 amide bonds. The molecule has 0 saturated heterocycles. The maximum absolute atomic E-state index is 10.3. The standard InChI is InChI=1S/3C18H36O2.3C3H8O3/c3*1-17(2)15-13-11-9-7-5-3-4-6-8-10-12-14-16-18(19)20;3*4-1-3(6)2-5/h3*17H,3-16H2,1-2H3,(H,19,20);3*3-6H,1-2H2. The number of rotatable bonds is 51. The van der Waals surface area contributed by atoms with Gasteiger partial charge in [0.05, 0.1) is 39.6 Å². The van der Waals surface area contributed by atoms with Crippen LogP contribution in [0.25, 0.3) is 0 Å². The summed E-state index contributed by atoms with van der Waals surface area (Å²) in [4.78, 5) is 31.0. The Morgan fingerprint density at radius 2 is 0.346 bits per heavy atom. The number of hydrogen-bond acceptors (Lipinski definition) is 12. The van der Waals surface area contributed by atoms with Crippen molar-refractivity contribution in [2.45, 2.75) is 330 Å². The highest BCUT2D eigenvalue weighted by atomic mass is 16.4. The highest BCUT2D eigenvalue weighted by Crippen LogP contribution is 2.17. The molecular weight excluding hydrogens is 997 g/mol. The number of unbranched alkanes of at least 4 members (excludes halogenated alkanes) is 33. The summed E-state index contributed by atoms with van der Waals surface area (Å²) in [5.41, 5.74) is 0. The number of aliphatic hydroxyl groups is 9. The fourth-order valence-corrected chi connectivity index (χ4v) is 7.96. The van der Waals surface area contributed by atoms with E-state index in [1.165, 1.54) is 212 Å². The van der Waals surface area contributed by atoms with Gasteiger partial charge in [0.1, 0.15) is 18.3 Å². The van der Waals surface area contributed by atoms with Crippen molar-refractivity contribution in [3.8, 4) is 0 Å². The van der Waals surface area contributed by atoms with Crippen molar-refractivity contribution < 1.29 is 75.7 Å². The van der Waals surface area contributed by atoms with Crippen LogP contribution in [0.4, 0.5) is 0 Å². The van der Waals surface area contributed by atoms with Crippen LogP contribution in [0, 0.1) is 17.8 Å². The maximum atomic E-state index is 10.3. The van der Waals surface area contributed by atoms with Gasteiger partial charge in [0, 0.05) is 19.3 Å². The van der Waals surface area contributed by atoms with Crippen LogP contribution in [0.2, 0.25) is 0 Å². The molecule has 78 heavy (non-hydrogen) atoms. The van der Waals surface area contributed by atoms with Gasteiger partial charge in [0.25, 0.3) is 0 Å². The van der Waals surface area contributed by atoms with Crippen LogP contribution >= 0.6 is 0 Å². The van der Waals surface area contributed by atoms with Crippen LogP contribution in [0.3, 0.4) is 0 Å². The average molecular weight is 1130 g/mol. The van der Waals surface area contributed by atoms with E-state index in [2.05, 4.69) is 41.5 Å². The summed E-state index contributed by atoms with van der Waals surface area (Å²) in [5, 5.41) is 97.6. The van der Waals surface area contributed by atoms with E-state index >= 15 is 0 Å². The van der Waals surface area contributed by atoms with E-state index < -0.39 is 36.2 Å². The van der Waals surface area contributed by atoms with Crippen LogP contribution in [-0.2, 0) is 14.4 Å². The molecule has 0 atom stereocenters. The van der Waals surface area contributed by atoms with E-state index in [0.29, 0.717) is 19.3 Å². The number of aliphatic carboxylic acids is 3. The van der Waals surface area contributed by atoms with Gasteiger partial charge in [-0.05, 0) is 37.0 Å². The third kappa shape index (κ3) is 106. The Hall–Kier alpha value is -1.95. The lowest BCUT2D eigenvalue weighted by molar-refractivity contribution is -0.138. The average Bonchev–Trinajstić information content (AvgIpc) is 3.40. The molecule has 0 aromatic heterocycles. The normalized spacial score (nSPS) is 10.9. The van der Waals surface area contributed by atoms with Crippen molar-refractivity contribution in [3.05, 3.63) is 0 Å². The summed E-state index contributed by atoms with van der Waals surface area (Å²) >= 11 is 0. The van der Waals surface area contributed by atoms with Gasteiger partial charge in [0.2, 0.25) is 0 Å². The summed E-state index contributed by atoms with van der Waals surface area (Å²) in [6.07, 6.45) is 49.1. The second-order valence-electron chi connectivity index (χ2n) is 22.8. The molecule has 0 aliphatic carbocycles. The lowest BCUT2D eigenvalue weighted by atomic mass is 10.0. The zero-order valence-corrected chi connectivity index (χ0v) is 51.5. The highest BCUT2D eigenvalue weighted by molar-refractivity contribution is 5.67. The highest BCUT2D eigenvalue weighted by Gasteiger charge is 2.02. The molecule has 0 aromatic carbocycles. The summed E-state index contributed by atoms with van der Waals surface area (Å²) in [6, 6.07) is 0. The van der Waals surface area contributed by atoms with Crippen LogP contribution in [0.5, 0.6) is 0 Å². The third-order valence-electron chi connectivity index (χ3n) is 13.0. The second-order valence-corrected chi connectivity index (χ2v) is 22.8. The van der Waals surface area contributed by atoms with E-state index in [4.69, 9.17) is 61.3 Å². The van der Waals surface area contributed by atoms with E-state index in [0.717, 1.165) is 56.3 Å². The molecule has 0 heterocycles. The molecule has 0 bridgehead atoms. The molecule has 0 aromatic rings. The monoisotopic (exact) mass is 1130 g/mol. The fourth-order valence-electron chi connectivity index (χ4n) is 7.96. The lowest BCUT2D eigenvalue weighted by Gasteiger charge is -2.04. The third-order valence-corrected chi connectivity index (χ3v) is 13.0. The molecule has 0 spiro atoms. The van der Waals surface area contributed by atoms with Gasteiger partial charge >= 0.3 is 17.9 Å². The first kappa shape index (κ1) is 87.3. The molecule has 0 aliphatic rings. The molecule has 0 unspecified atom stereocenters. The molecule has 474 valence electrons. The molecule has 0 radical (unpaired) electrons. The van der Waals surface area contributed by atoms with Gasteiger partial charge in [-0.25, -0.2) is 0 Å². The van der Waals surface area contributed by atoms with Gasteiger partial charge in [-0.3, -0.25) is 14.4 Å². The zero-order valence-electron chi connectivity index (χ0n) is 51.5. The quantitative estimate of drug-likeness (QED) is 0.0252. The van der Waals surface area contributed by atoms with Gasteiger partial charge in [0.15, 0.2) is 0 Å². The Morgan fingerprint density at radius 3 is 0.436 bits per heavy atom. The first-order chi connectivity index (χ1) is 37.3. The van der Waals surface area contributed by atoms with Gasteiger partial charge in [-0.1, -0.05) is 273 Å². The largest absolute Gasteiger partial charge is 0.481 e. The Kier molecular flexibility index (Phi) is 86.3. The number of aliphatic hydroxyl groups excluding tert-OH is 9. The second kappa shape index (κ2) is 77.1. The Morgan fingerprint density at radius 1 is 0.231 bits per heavy atom. The molecular formula is C63H132O15. The van der Waals surface area contributed by atoms with Crippen LogP contribution in [0.1, 0.15) is 311 Å². The number of hydrogen-bond donors (Lipinski definition) is 12. The van der Waals surface area contributed by atoms with E-state index in [-0.39, 0.29) is 39.6 Å². The minimum absolute atomic E-state index is 0.344. The van der Waals surface area contributed by atoms with Gasteiger partial charge in [-0.15, -0.1) is 0 Å². The van der Waals surface area contributed by atoms with Crippen molar-refractivity contribution in [2.24, 2.45) is 17.8 Å². The zero-order chi connectivity index (χ0) is 60.1. The van der Waals surface area contributed by atoms with Gasteiger partial charge < -0.3 is 61.3 Å². The molecule has 0 rings (SSSR count). The van der Waals surface area contributed by atoms with Gasteiger partial charge in [-0.2, -0.15) is 0 Å². The van der Waals surface area contributed by atoms with Crippen LogP contribution < -0.4 is 0 Å². The number of carbonyl (C=O) groups is 3. The number of carboxylic acids is 3. The van der Waals surface area contributed by atoms with Crippen LogP contribution in [-0.4, -0.2) is 137 Å². The molecule has 15 heteroatoms. The predicted molar refractivity (Wildman–Crippen MR) is 322 cm³/mol. The first-order valence-electron chi connectivity index (χ1n) is 31.7. The Labute approximate surface area is 478 Å². The van der Waals surface area contributed by atoms with Crippen molar-refractivity contribution in [1.82, 2.24) is 0 Å². The minimum atomic E-state index is -0.954. The van der Waals surface area contributed by atoms with Crippen molar-refractivity contribution >= 4 is 17.9 Å². The van der Waals surface area contributed by atoms with E-state index in [1.54, 1.807) is 0 Å². The van der Waals surface area contributed by atoms with E-state index in [9.17, 15) is 14.4 Å². The Bertz CT molecular complexity index is 966. The summed E-state index contributed by atoms with van der Waals surface area (Å²) in [5.74, 6) is 0.636. The van der Waals surface area contributed by atoms with Crippen molar-refractivity contribution in [3.63, 3.8) is 0 Å². The summed E-state index contributed by atoms with van der Waals surface area (Å²) < 4.78 is 0. The fraction of sp³-hybridized carbons (Fsp3) is 0.952. The predicted octanol–water partition coefficient (Wildman–Crippen LogP) is 13.6. The molecule has 0 aliphatic heterocycles. The first-order valence-corrected chi connectivity index (χ1v) is 31.7. The Balaban J connectivity index is -0.000000214. The molecule has 0 saturated carbocycles. The van der Waals surface area contributed by atoms with Crippen molar-refractivity contribution in [2.75, 3.05) is 39.6 Å². The van der Waals surface area contributed by atoms with Crippen LogP contribution in [0.15, 0.2) is 0 Å². The molecule has 15 nitrogen and oxygen atoms in total. The topological polar surface area (TPSA) is 294 Å². The van der Waals surface area contributed by atoms with Crippen molar-refractivity contribution in [1.29, 1.82) is 0 Å². The molecule has 0 fully saturated rings. The summed E-state index contributed by atoms with van der Waals surface area (Å²) in [7, 11) is 0. The maximum Gasteiger partial charge on any atom is 0.303 e. The minimum Gasteiger partial charge on any atom is -0.481 e. The molecule has 12 N–H and O–H groups in total. The summed E-state index contributed by atoms with van der Waals surface area (Å²) in [6.45, 7) is 11.7.